The first-order valence-corrected chi connectivity index (χ1v) is 9.35. The van der Waals surface area contributed by atoms with Gasteiger partial charge in [-0.25, -0.2) is 0 Å². The number of rotatable bonds is 3. The molecule has 0 aromatic heterocycles. The Morgan fingerprint density at radius 3 is 2.38 bits per heavy atom. The normalized spacial score (nSPS) is 12.5. The second-order valence-corrected chi connectivity index (χ2v) is 7.96. The van der Waals surface area contributed by atoms with E-state index in [1.807, 2.05) is 54.6 Å². The number of halogens is 2. The molecule has 0 N–H and O–H groups in total. The summed E-state index contributed by atoms with van der Waals surface area (Å²) in [7, 11) is -1.05. The highest BCUT2D eigenvalue weighted by Crippen LogP contribution is 2.24. The highest BCUT2D eigenvalue weighted by atomic mass is 79.9. The number of hydrogen-bond acceptors (Lipinski definition) is 1. The van der Waals surface area contributed by atoms with Crippen molar-refractivity contribution in [2.75, 3.05) is 0 Å². The van der Waals surface area contributed by atoms with E-state index in [0.29, 0.717) is 5.75 Å². The molecule has 0 saturated carbocycles. The summed E-state index contributed by atoms with van der Waals surface area (Å²) < 4.78 is 14.6. The molecule has 4 heteroatoms. The fourth-order valence-corrected chi connectivity index (χ4v) is 4.34. The molecular weight excluding hydrogens is 412 g/mol. The summed E-state index contributed by atoms with van der Waals surface area (Å²) in [6.07, 6.45) is 0. The molecule has 1 atom stereocenters. The van der Waals surface area contributed by atoms with Crippen LogP contribution in [0.25, 0.3) is 10.8 Å². The van der Waals surface area contributed by atoms with Gasteiger partial charge < -0.3 is 0 Å². The maximum atomic E-state index is 12.6. The minimum Gasteiger partial charge on any atom is -0.254 e. The molecule has 3 rings (SSSR count). The Kier molecular flexibility index (Phi) is 4.57. The van der Waals surface area contributed by atoms with Crippen molar-refractivity contribution in [2.24, 2.45) is 0 Å². The highest BCUT2D eigenvalue weighted by molar-refractivity contribution is 9.10. The van der Waals surface area contributed by atoms with E-state index in [1.54, 1.807) is 0 Å². The van der Waals surface area contributed by atoms with Crippen molar-refractivity contribution < 1.29 is 4.21 Å². The van der Waals surface area contributed by atoms with Crippen LogP contribution in [0.15, 0.2) is 74.5 Å². The second-order valence-electron chi connectivity index (χ2n) is 4.73. The zero-order chi connectivity index (χ0) is 14.8. The van der Waals surface area contributed by atoms with Crippen LogP contribution >= 0.6 is 31.9 Å². The third kappa shape index (κ3) is 3.44. The van der Waals surface area contributed by atoms with Crippen molar-refractivity contribution in [2.45, 2.75) is 10.6 Å². The lowest BCUT2D eigenvalue weighted by Crippen LogP contribution is -1.97. The number of hydrogen-bond donors (Lipinski definition) is 0. The molecule has 1 nitrogen and oxygen atoms in total. The molecule has 0 aliphatic rings. The lowest BCUT2D eigenvalue weighted by molar-refractivity contribution is 0.682. The van der Waals surface area contributed by atoms with Crippen molar-refractivity contribution in [3.63, 3.8) is 0 Å². The minimum absolute atomic E-state index is 0.517. The van der Waals surface area contributed by atoms with Gasteiger partial charge in [0.25, 0.3) is 0 Å². The van der Waals surface area contributed by atoms with Crippen LogP contribution in [0.1, 0.15) is 5.56 Å². The van der Waals surface area contributed by atoms with E-state index >= 15 is 0 Å². The van der Waals surface area contributed by atoms with Crippen molar-refractivity contribution in [3.05, 3.63) is 75.2 Å². The summed E-state index contributed by atoms with van der Waals surface area (Å²) in [5, 5.41) is 2.25. The van der Waals surface area contributed by atoms with Crippen LogP contribution in [-0.2, 0) is 16.6 Å². The van der Waals surface area contributed by atoms with Crippen LogP contribution < -0.4 is 0 Å². The monoisotopic (exact) mass is 422 g/mol. The van der Waals surface area contributed by atoms with Crippen molar-refractivity contribution >= 4 is 53.4 Å². The van der Waals surface area contributed by atoms with Crippen LogP contribution in [0.3, 0.4) is 0 Å². The predicted octanol–water partition coefficient (Wildman–Crippen LogP) is 5.67. The molecule has 0 spiro atoms. The van der Waals surface area contributed by atoms with Gasteiger partial charge in [0.05, 0.1) is 16.6 Å². The van der Waals surface area contributed by atoms with Crippen LogP contribution in [0.5, 0.6) is 0 Å². The predicted molar refractivity (Wildman–Crippen MR) is 95.9 cm³/mol. The van der Waals surface area contributed by atoms with Crippen molar-refractivity contribution in [3.8, 4) is 0 Å². The summed E-state index contributed by atoms with van der Waals surface area (Å²) in [6.45, 7) is 0. The third-order valence-electron chi connectivity index (χ3n) is 3.28. The van der Waals surface area contributed by atoms with Crippen LogP contribution in [0.4, 0.5) is 0 Å². The van der Waals surface area contributed by atoms with Gasteiger partial charge in [0.2, 0.25) is 0 Å². The molecule has 0 aliphatic heterocycles. The van der Waals surface area contributed by atoms with E-state index < -0.39 is 10.8 Å². The molecule has 0 saturated heterocycles. The Bertz CT molecular complexity index is 830. The van der Waals surface area contributed by atoms with E-state index in [-0.39, 0.29) is 0 Å². The first kappa shape index (κ1) is 14.9. The zero-order valence-electron chi connectivity index (χ0n) is 11.1. The Balaban J connectivity index is 1.91. The average molecular weight is 424 g/mol. The van der Waals surface area contributed by atoms with Crippen molar-refractivity contribution in [1.82, 2.24) is 0 Å². The zero-order valence-corrected chi connectivity index (χ0v) is 15.0. The fraction of sp³-hybridized carbons (Fsp3) is 0.0588. The third-order valence-corrected chi connectivity index (χ3v) is 5.90. The summed E-state index contributed by atoms with van der Waals surface area (Å²) in [6, 6.07) is 20.0. The SMILES string of the molecule is O=S(Cc1ccccc1Br)c1ccc2cc(Br)ccc2c1. The highest BCUT2D eigenvalue weighted by Gasteiger charge is 2.08. The maximum Gasteiger partial charge on any atom is 0.0574 e. The number of fused-ring (bicyclic) bond motifs is 1. The van der Waals surface area contributed by atoms with E-state index in [2.05, 4.69) is 37.9 Å². The van der Waals surface area contributed by atoms with Gasteiger partial charge in [-0.05, 0) is 46.7 Å². The summed E-state index contributed by atoms with van der Waals surface area (Å²) in [4.78, 5) is 0.862. The molecule has 21 heavy (non-hydrogen) atoms. The Morgan fingerprint density at radius 2 is 1.57 bits per heavy atom. The molecular formula is C17H12Br2OS. The van der Waals surface area contributed by atoms with Gasteiger partial charge in [-0.3, -0.25) is 4.21 Å². The van der Waals surface area contributed by atoms with Gasteiger partial charge in [-0.1, -0.05) is 62.2 Å². The molecule has 3 aromatic rings. The van der Waals surface area contributed by atoms with Gasteiger partial charge in [0.1, 0.15) is 0 Å². The molecule has 0 bridgehead atoms. The molecule has 0 aliphatic carbocycles. The van der Waals surface area contributed by atoms with Gasteiger partial charge >= 0.3 is 0 Å². The molecule has 0 heterocycles. The van der Waals surface area contributed by atoms with E-state index in [1.165, 1.54) is 0 Å². The lowest BCUT2D eigenvalue weighted by atomic mass is 10.1. The first-order chi connectivity index (χ1) is 10.1. The quantitative estimate of drug-likeness (QED) is 0.530. The molecule has 3 aromatic carbocycles. The standard InChI is InChI=1S/C17H12Br2OS/c18-15-7-5-13-10-16(8-6-12(13)9-15)21(20)11-14-3-1-2-4-17(14)19/h1-10H,11H2. The smallest absolute Gasteiger partial charge is 0.0574 e. The van der Waals surface area contributed by atoms with E-state index in [0.717, 1.165) is 30.2 Å². The molecule has 106 valence electrons. The van der Waals surface area contributed by atoms with Gasteiger partial charge in [-0.2, -0.15) is 0 Å². The number of benzene rings is 3. The van der Waals surface area contributed by atoms with Gasteiger partial charge in [0.15, 0.2) is 0 Å². The Labute approximate surface area is 143 Å². The first-order valence-electron chi connectivity index (χ1n) is 6.44. The Morgan fingerprint density at radius 1 is 0.857 bits per heavy atom. The van der Waals surface area contributed by atoms with Crippen LogP contribution in [0.2, 0.25) is 0 Å². The van der Waals surface area contributed by atoms with Crippen LogP contribution in [-0.4, -0.2) is 4.21 Å². The van der Waals surface area contributed by atoms with Gasteiger partial charge in [-0.15, -0.1) is 0 Å². The second kappa shape index (κ2) is 6.42. The largest absolute Gasteiger partial charge is 0.254 e. The fourth-order valence-electron chi connectivity index (χ4n) is 2.18. The summed E-state index contributed by atoms with van der Waals surface area (Å²) >= 11 is 6.97. The van der Waals surface area contributed by atoms with Crippen molar-refractivity contribution in [1.29, 1.82) is 0 Å². The van der Waals surface area contributed by atoms with Crippen LogP contribution in [0, 0.1) is 0 Å². The molecule has 0 radical (unpaired) electrons. The summed E-state index contributed by atoms with van der Waals surface area (Å²) in [5.74, 6) is 0.517. The maximum absolute atomic E-state index is 12.6. The molecule has 0 amide bonds. The lowest BCUT2D eigenvalue weighted by Gasteiger charge is -2.06. The Hall–Kier alpha value is -0.970. The topological polar surface area (TPSA) is 17.1 Å². The van der Waals surface area contributed by atoms with E-state index in [9.17, 15) is 4.21 Å². The molecule has 0 fully saturated rings. The molecule has 1 unspecified atom stereocenters. The van der Waals surface area contributed by atoms with Gasteiger partial charge in [0, 0.05) is 13.8 Å². The summed E-state index contributed by atoms with van der Waals surface area (Å²) in [5.41, 5.74) is 1.06. The van der Waals surface area contributed by atoms with E-state index in [4.69, 9.17) is 0 Å². The average Bonchev–Trinajstić information content (AvgIpc) is 2.49. The minimum atomic E-state index is -1.05.